The highest BCUT2D eigenvalue weighted by molar-refractivity contribution is 4.87. The van der Waals surface area contributed by atoms with Crippen LogP contribution in [0.1, 0.15) is 25.7 Å². The second kappa shape index (κ2) is 3.62. The van der Waals surface area contributed by atoms with Gasteiger partial charge < -0.3 is 5.32 Å². The molecule has 2 fully saturated rings. The Bertz CT molecular complexity index is 206. The fraction of sp³-hybridized carbons (Fsp3) is 1.00. The van der Waals surface area contributed by atoms with Crippen LogP contribution in [0.4, 0.5) is 0 Å². The highest BCUT2D eigenvalue weighted by Crippen LogP contribution is 2.34. The molecule has 1 N–H and O–H groups in total. The molecule has 0 bridgehead atoms. The Balaban J connectivity index is 2.06. The topological polar surface area (TPSA) is 55.2 Å². The Morgan fingerprint density at radius 2 is 2.00 bits per heavy atom. The minimum Gasteiger partial charge on any atom is -0.310 e. The van der Waals surface area contributed by atoms with E-state index < -0.39 is 0 Å². The van der Waals surface area contributed by atoms with Crippen molar-refractivity contribution >= 4 is 0 Å². The molecule has 74 valence electrons. The quantitative estimate of drug-likeness (QED) is 0.489. The molecule has 4 heteroatoms. The Morgan fingerprint density at radius 1 is 1.23 bits per heavy atom. The van der Waals surface area contributed by atoms with Gasteiger partial charge in [-0.25, -0.2) is 0 Å². The molecule has 1 heterocycles. The molecule has 2 aliphatic rings. The smallest absolute Gasteiger partial charge is 0.228 e. The Morgan fingerprint density at radius 3 is 2.77 bits per heavy atom. The van der Waals surface area contributed by atoms with E-state index >= 15 is 0 Å². The summed E-state index contributed by atoms with van der Waals surface area (Å²) in [6.45, 7) is 1.57. The van der Waals surface area contributed by atoms with Crippen LogP contribution in [0.15, 0.2) is 0 Å². The van der Waals surface area contributed by atoms with Gasteiger partial charge in [0.05, 0.1) is 6.54 Å². The maximum Gasteiger partial charge on any atom is 0.228 e. The number of nitro groups is 1. The molecule has 0 amide bonds. The summed E-state index contributed by atoms with van der Waals surface area (Å²) in [5.41, 5.74) is 0. The molecule has 13 heavy (non-hydrogen) atoms. The van der Waals surface area contributed by atoms with Gasteiger partial charge in [-0.15, -0.1) is 0 Å². The average molecular weight is 184 g/mol. The first-order valence-electron chi connectivity index (χ1n) is 5.13. The van der Waals surface area contributed by atoms with Crippen molar-refractivity contribution < 1.29 is 4.92 Å². The van der Waals surface area contributed by atoms with Crippen molar-refractivity contribution in [3.05, 3.63) is 10.1 Å². The number of hydrogen-bond acceptors (Lipinski definition) is 3. The van der Waals surface area contributed by atoms with Crippen LogP contribution in [0.25, 0.3) is 0 Å². The van der Waals surface area contributed by atoms with Gasteiger partial charge in [0.1, 0.15) is 0 Å². The van der Waals surface area contributed by atoms with E-state index in [4.69, 9.17) is 0 Å². The lowest BCUT2D eigenvalue weighted by Gasteiger charge is -2.37. The third-order valence-corrected chi connectivity index (χ3v) is 3.49. The lowest BCUT2D eigenvalue weighted by atomic mass is 9.73. The van der Waals surface area contributed by atoms with Crippen molar-refractivity contribution in [1.82, 2.24) is 5.32 Å². The van der Waals surface area contributed by atoms with Gasteiger partial charge in [-0.3, -0.25) is 10.1 Å². The lowest BCUT2D eigenvalue weighted by Crippen LogP contribution is -2.51. The second-order valence-corrected chi connectivity index (χ2v) is 4.22. The fourth-order valence-electron chi connectivity index (χ4n) is 2.80. The third-order valence-electron chi connectivity index (χ3n) is 3.49. The Hall–Kier alpha value is -0.640. The van der Waals surface area contributed by atoms with Gasteiger partial charge in [0.15, 0.2) is 0 Å². The van der Waals surface area contributed by atoms with E-state index in [-0.39, 0.29) is 11.0 Å². The molecule has 1 saturated carbocycles. The van der Waals surface area contributed by atoms with E-state index in [0.717, 1.165) is 13.0 Å². The van der Waals surface area contributed by atoms with Crippen molar-refractivity contribution in [2.75, 3.05) is 13.1 Å². The first-order valence-corrected chi connectivity index (χ1v) is 5.13. The van der Waals surface area contributed by atoms with Crippen molar-refractivity contribution in [2.24, 2.45) is 11.8 Å². The standard InChI is InChI=1S/C9H16N2O2/c12-11(13)9-6-10-5-7-3-1-2-4-8(7)9/h7-10H,1-6H2. The summed E-state index contributed by atoms with van der Waals surface area (Å²) < 4.78 is 0. The number of nitrogens with one attached hydrogen (secondary N) is 1. The highest BCUT2D eigenvalue weighted by atomic mass is 16.6. The molecule has 1 aliphatic carbocycles. The molecule has 1 saturated heterocycles. The van der Waals surface area contributed by atoms with Crippen LogP contribution < -0.4 is 5.32 Å². The molecule has 0 radical (unpaired) electrons. The predicted molar refractivity (Wildman–Crippen MR) is 49.1 cm³/mol. The molecule has 0 aromatic rings. The van der Waals surface area contributed by atoms with Gasteiger partial charge >= 0.3 is 0 Å². The molecule has 0 spiro atoms. The summed E-state index contributed by atoms with van der Waals surface area (Å²) in [4.78, 5) is 10.7. The zero-order valence-corrected chi connectivity index (χ0v) is 7.74. The fourth-order valence-corrected chi connectivity index (χ4v) is 2.80. The lowest BCUT2D eigenvalue weighted by molar-refractivity contribution is -0.535. The molecule has 2 rings (SSSR count). The number of fused-ring (bicyclic) bond motifs is 1. The van der Waals surface area contributed by atoms with Crippen LogP contribution in [0.3, 0.4) is 0 Å². The van der Waals surface area contributed by atoms with Crippen LogP contribution in [0, 0.1) is 22.0 Å². The minimum atomic E-state index is -0.320. The van der Waals surface area contributed by atoms with Crippen LogP contribution in [0.2, 0.25) is 0 Å². The maximum atomic E-state index is 10.8. The van der Waals surface area contributed by atoms with Crippen molar-refractivity contribution in [2.45, 2.75) is 31.7 Å². The number of hydrogen-bond donors (Lipinski definition) is 1. The average Bonchev–Trinajstić information content (AvgIpc) is 2.17. The second-order valence-electron chi connectivity index (χ2n) is 4.22. The first kappa shape index (κ1) is 8.94. The van der Waals surface area contributed by atoms with Gasteiger partial charge in [0, 0.05) is 10.8 Å². The summed E-state index contributed by atoms with van der Waals surface area (Å²) >= 11 is 0. The van der Waals surface area contributed by atoms with E-state index in [1.165, 1.54) is 19.3 Å². The summed E-state index contributed by atoms with van der Waals surface area (Å²) in [6, 6.07) is -0.320. The molecular weight excluding hydrogens is 168 g/mol. The largest absolute Gasteiger partial charge is 0.310 e. The molecule has 0 aromatic heterocycles. The maximum absolute atomic E-state index is 10.8. The minimum absolute atomic E-state index is 0.0881. The Labute approximate surface area is 77.8 Å². The summed E-state index contributed by atoms with van der Waals surface area (Å²) in [5.74, 6) is 0.919. The zero-order chi connectivity index (χ0) is 9.26. The Kier molecular flexibility index (Phi) is 2.49. The summed E-state index contributed by atoms with van der Waals surface area (Å²) in [5, 5.41) is 13.9. The zero-order valence-electron chi connectivity index (χ0n) is 7.74. The van der Waals surface area contributed by atoms with E-state index in [9.17, 15) is 10.1 Å². The molecular formula is C9H16N2O2. The van der Waals surface area contributed by atoms with Crippen LogP contribution in [-0.4, -0.2) is 24.1 Å². The van der Waals surface area contributed by atoms with E-state index in [2.05, 4.69) is 5.32 Å². The van der Waals surface area contributed by atoms with Crippen molar-refractivity contribution in [3.63, 3.8) is 0 Å². The molecule has 1 aliphatic heterocycles. The predicted octanol–water partition coefficient (Wildman–Crippen LogP) is 1.04. The van der Waals surface area contributed by atoms with E-state index in [0.29, 0.717) is 18.4 Å². The van der Waals surface area contributed by atoms with Crippen LogP contribution in [-0.2, 0) is 0 Å². The first-order chi connectivity index (χ1) is 6.29. The van der Waals surface area contributed by atoms with Gasteiger partial charge in [-0.1, -0.05) is 12.8 Å². The number of rotatable bonds is 1. The van der Waals surface area contributed by atoms with Crippen molar-refractivity contribution in [1.29, 1.82) is 0 Å². The number of nitrogens with zero attached hydrogens (tertiary/aromatic N) is 1. The molecule has 3 unspecified atom stereocenters. The highest BCUT2D eigenvalue weighted by Gasteiger charge is 2.41. The van der Waals surface area contributed by atoms with Gasteiger partial charge in [0.25, 0.3) is 0 Å². The van der Waals surface area contributed by atoms with Crippen LogP contribution >= 0.6 is 0 Å². The summed E-state index contributed by atoms with van der Waals surface area (Å²) in [7, 11) is 0. The van der Waals surface area contributed by atoms with Gasteiger partial charge in [-0.2, -0.15) is 0 Å². The van der Waals surface area contributed by atoms with E-state index in [1.54, 1.807) is 0 Å². The monoisotopic (exact) mass is 184 g/mol. The molecule has 3 atom stereocenters. The van der Waals surface area contributed by atoms with Gasteiger partial charge in [-0.05, 0) is 25.3 Å². The molecule has 0 aromatic carbocycles. The van der Waals surface area contributed by atoms with Gasteiger partial charge in [0.2, 0.25) is 6.04 Å². The molecule has 4 nitrogen and oxygen atoms in total. The SMILES string of the molecule is O=[N+]([O-])C1CNCC2CCCCC21. The summed E-state index contributed by atoms with van der Waals surface area (Å²) in [6.07, 6.45) is 4.69. The van der Waals surface area contributed by atoms with Crippen molar-refractivity contribution in [3.8, 4) is 0 Å². The number of piperidine rings is 1. The normalized spacial score (nSPS) is 39.5. The third kappa shape index (κ3) is 1.68. The van der Waals surface area contributed by atoms with E-state index in [1.807, 2.05) is 0 Å². The van der Waals surface area contributed by atoms with Crippen LogP contribution in [0.5, 0.6) is 0 Å².